The molecule has 1 aromatic carbocycles. The summed E-state index contributed by atoms with van der Waals surface area (Å²) in [6.07, 6.45) is 2.11. The molecule has 1 heteroatoms. The number of rotatable bonds is 4. The molecule has 15 heavy (non-hydrogen) atoms. The minimum Gasteiger partial charge on any atom is -0.327 e. The molecule has 84 valence electrons. The van der Waals surface area contributed by atoms with Crippen molar-refractivity contribution >= 4 is 0 Å². The van der Waals surface area contributed by atoms with E-state index < -0.39 is 0 Å². The van der Waals surface area contributed by atoms with Crippen LogP contribution < -0.4 is 5.73 Å². The lowest BCUT2D eigenvalue weighted by molar-refractivity contribution is 0.493. The maximum atomic E-state index is 6.13. The molecule has 0 aliphatic carbocycles. The normalized spacial score (nSPS) is 13.2. The Morgan fingerprint density at radius 2 is 1.87 bits per heavy atom. The molecule has 0 saturated heterocycles. The summed E-state index contributed by atoms with van der Waals surface area (Å²) in [4.78, 5) is 0. The van der Waals surface area contributed by atoms with Crippen LogP contribution in [0, 0.1) is 19.8 Å². The first-order chi connectivity index (χ1) is 7.00. The van der Waals surface area contributed by atoms with Crippen LogP contribution in [0.15, 0.2) is 18.2 Å². The fraction of sp³-hybridized carbons (Fsp3) is 0.571. The summed E-state index contributed by atoms with van der Waals surface area (Å²) < 4.78 is 0. The summed E-state index contributed by atoms with van der Waals surface area (Å²) in [7, 11) is 0. The highest BCUT2D eigenvalue weighted by Gasteiger charge is 2.08. The van der Waals surface area contributed by atoms with Gasteiger partial charge in [0.1, 0.15) is 0 Å². The van der Waals surface area contributed by atoms with Crippen molar-refractivity contribution in [3.05, 3.63) is 34.9 Å². The third-order valence-electron chi connectivity index (χ3n) is 2.97. The zero-order valence-electron chi connectivity index (χ0n) is 10.4. The van der Waals surface area contributed by atoms with Crippen LogP contribution in [-0.2, 0) is 6.42 Å². The van der Waals surface area contributed by atoms with Crippen molar-refractivity contribution in [2.24, 2.45) is 11.7 Å². The molecule has 0 bridgehead atoms. The maximum absolute atomic E-state index is 6.13. The number of hydrogen-bond acceptors (Lipinski definition) is 1. The minimum absolute atomic E-state index is 0.297. The van der Waals surface area contributed by atoms with Gasteiger partial charge < -0.3 is 5.73 Å². The molecule has 0 fully saturated rings. The van der Waals surface area contributed by atoms with Gasteiger partial charge in [0.2, 0.25) is 0 Å². The molecule has 0 aromatic heterocycles. The van der Waals surface area contributed by atoms with Gasteiger partial charge in [-0.05, 0) is 49.3 Å². The molecule has 0 spiro atoms. The number of benzene rings is 1. The summed E-state index contributed by atoms with van der Waals surface area (Å²) in [5.74, 6) is 0.685. The van der Waals surface area contributed by atoms with Crippen LogP contribution in [0.25, 0.3) is 0 Å². The highest BCUT2D eigenvalue weighted by atomic mass is 14.6. The van der Waals surface area contributed by atoms with Crippen LogP contribution in [0.5, 0.6) is 0 Å². The average molecular weight is 205 g/mol. The molecule has 0 radical (unpaired) electrons. The van der Waals surface area contributed by atoms with E-state index in [0.717, 1.165) is 12.8 Å². The number of hydrogen-bond donors (Lipinski definition) is 1. The Labute approximate surface area is 93.7 Å². The van der Waals surface area contributed by atoms with Crippen LogP contribution in [0.1, 0.15) is 37.0 Å². The molecule has 1 atom stereocenters. The van der Waals surface area contributed by atoms with Gasteiger partial charge in [-0.3, -0.25) is 0 Å². The third kappa shape index (κ3) is 3.67. The van der Waals surface area contributed by atoms with Crippen LogP contribution >= 0.6 is 0 Å². The van der Waals surface area contributed by atoms with E-state index in [1.807, 2.05) is 0 Å². The van der Waals surface area contributed by atoms with E-state index in [1.165, 1.54) is 16.7 Å². The molecule has 0 amide bonds. The Morgan fingerprint density at radius 1 is 1.20 bits per heavy atom. The largest absolute Gasteiger partial charge is 0.327 e. The van der Waals surface area contributed by atoms with Crippen LogP contribution in [0.4, 0.5) is 0 Å². The summed E-state index contributed by atoms with van der Waals surface area (Å²) in [6, 6.07) is 6.78. The quantitative estimate of drug-likeness (QED) is 0.802. The highest BCUT2D eigenvalue weighted by Crippen LogP contribution is 2.16. The Kier molecular flexibility index (Phi) is 4.34. The van der Waals surface area contributed by atoms with Gasteiger partial charge in [0.25, 0.3) is 0 Å². The van der Waals surface area contributed by atoms with Gasteiger partial charge in [0.15, 0.2) is 0 Å². The summed E-state index contributed by atoms with van der Waals surface area (Å²) in [5, 5.41) is 0. The second-order valence-corrected chi connectivity index (χ2v) is 4.95. The van der Waals surface area contributed by atoms with Crippen molar-refractivity contribution in [3.8, 4) is 0 Å². The van der Waals surface area contributed by atoms with E-state index in [9.17, 15) is 0 Å². The Bertz CT molecular complexity index is 315. The molecule has 1 unspecified atom stereocenters. The predicted octanol–water partition coefficient (Wildman–Crippen LogP) is 3.22. The van der Waals surface area contributed by atoms with Crippen molar-refractivity contribution in [1.82, 2.24) is 0 Å². The van der Waals surface area contributed by atoms with Gasteiger partial charge in [-0.15, -0.1) is 0 Å². The molecular weight excluding hydrogens is 182 g/mol. The molecule has 0 heterocycles. The zero-order chi connectivity index (χ0) is 11.4. The van der Waals surface area contributed by atoms with Crippen molar-refractivity contribution in [2.45, 2.75) is 46.6 Å². The SMILES string of the molecule is Cc1cccc(CC(N)CC(C)C)c1C. The summed E-state index contributed by atoms with van der Waals surface area (Å²) in [6.45, 7) is 8.80. The van der Waals surface area contributed by atoms with Gasteiger partial charge in [0.05, 0.1) is 0 Å². The Hall–Kier alpha value is -0.820. The summed E-state index contributed by atoms with van der Waals surface area (Å²) >= 11 is 0. The van der Waals surface area contributed by atoms with Crippen molar-refractivity contribution in [3.63, 3.8) is 0 Å². The second-order valence-electron chi connectivity index (χ2n) is 4.95. The van der Waals surface area contributed by atoms with E-state index in [1.54, 1.807) is 0 Å². The monoisotopic (exact) mass is 205 g/mol. The molecule has 1 aromatic rings. The minimum atomic E-state index is 0.297. The van der Waals surface area contributed by atoms with E-state index in [4.69, 9.17) is 5.73 Å². The van der Waals surface area contributed by atoms with E-state index in [2.05, 4.69) is 45.9 Å². The van der Waals surface area contributed by atoms with Crippen LogP contribution in [-0.4, -0.2) is 6.04 Å². The number of nitrogens with two attached hydrogens (primary N) is 1. The van der Waals surface area contributed by atoms with Crippen LogP contribution in [0.3, 0.4) is 0 Å². The van der Waals surface area contributed by atoms with Gasteiger partial charge in [0, 0.05) is 6.04 Å². The van der Waals surface area contributed by atoms with E-state index in [-0.39, 0.29) is 0 Å². The molecule has 2 N–H and O–H groups in total. The van der Waals surface area contributed by atoms with Gasteiger partial charge in [-0.1, -0.05) is 32.0 Å². The molecule has 0 saturated carbocycles. The molecule has 1 nitrogen and oxygen atoms in total. The van der Waals surface area contributed by atoms with Crippen LogP contribution in [0.2, 0.25) is 0 Å². The average Bonchev–Trinajstić information content (AvgIpc) is 2.11. The lowest BCUT2D eigenvalue weighted by atomic mass is 9.94. The standard InChI is InChI=1S/C14H23N/c1-10(2)8-14(15)9-13-7-5-6-11(3)12(13)4/h5-7,10,14H,8-9,15H2,1-4H3. The predicted molar refractivity (Wildman–Crippen MR) is 67.1 cm³/mol. The summed E-state index contributed by atoms with van der Waals surface area (Å²) in [5.41, 5.74) is 10.3. The zero-order valence-corrected chi connectivity index (χ0v) is 10.4. The lowest BCUT2D eigenvalue weighted by Crippen LogP contribution is -2.25. The fourth-order valence-corrected chi connectivity index (χ4v) is 2.00. The lowest BCUT2D eigenvalue weighted by Gasteiger charge is -2.16. The van der Waals surface area contributed by atoms with E-state index >= 15 is 0 Å². The Morgan fingerprint density at radius 3 is 2.47 bits per heavy atom. The fourth-order valence-electron chi connectivity index (χ4n) is 2.00. The topological polar surface area (TPSA) is 26.0 Å². The van der Waals surface area contributed by atoms with Crippen molar-refractivity contribution in [1.29, 1.82) is 0 Å². The Balaban J connectivity index is 2.68. The van der Waals surface area contributed by atoms with Crippen molar-refractivity contribution < 1.29 is 0 Å². The van der Waals surface area contributed by atoms with E-state index in [0.29, 0.717) is 12.0 Å². The smallest absolute Gasteiger partial charge is 0.00818 e. The molecule has 1 rings (SSSR count). The van der Waals surface area contributed by atoms with Crippen molar-refractivity contribution in [2.75, 3.05) is 0 Å². The highest BCUT2D eigenvalue weighted by molar-refractivity contribution is 5.33. The molecular formula is C14H23N. The first-order valence-corrected chi connectivity index (χ1v) is 5.81. The van der Waals surface area contributed by atoms with Gasteiger partial charge in [-0.2, -0.15) is 0 Å². The number of aryl methyl sites for hydroxylation is 1. The van der Waals surface area contributed by atoms with Gasteiger partial charge >= 0.3 is 0 Å². The maximum Gasteiger partial charge on any atom is 0.00818 e. The molecule has 0 aliphatic heterocycles. The third-order valence-corrected chi connectivity index (χ3v) is 2.97. The molecule has 0 aliphatic rings. The second kappa shape index (κ2) is 5.32. The first-order valence-electron chi connectivity index (χ1n) is 5.81. The van der Waals surface area contributed by atoms with Gasteiger partial charge in [-0.25, -0.2) is 0 Å². The first kappa shape index (κ1) is 12.3.